The van der Waals surface area contributed by atoms with Crippen LogP contribution in [0.2, 0.25) is 0 Å². The molecule has 0 radical (unpaired) electrons. The Balaban J connectivity index is 1.48. The quantitative estimate of drug-likeness (QED) is 0.777. The van der Waals surface area contributed by atoms with E-state index in [9.17, 15) is 22.4 Å². The predicted molar refractivity (Wildman–Crippen MR) is 99.5 cm³/mol. The van der Waals surface area contributed by atoms with Gasteiger partial charge in [-0.15, -0.1) is 0 Å². The number of carbonyl (C=O) groups is 2. The number of hydrogen-bond donors (Lipinski definition) is 1. The van der Waals surface area contributed by atoms with Crippen molar-refractivity contribution in [3.8, 4) is 0 Å². The summed E-state index contributed by atoms with van der Waals surface area (Å²) in [5.41, 5.74) is 0.481. The van der Waals surface area contributed by atoms with Gasteiger partial charge in [-0.05, 0) is 12.1 Å². The van der Waals surface area contributed by atoms with E-state index in [-0.39, 0.29) is 62.2 Å². The Morgan fingerprint density at radius 3 is 2.64 bits per heavy atom. The Hall–Kier alpha value is -2.53. The zero-order valence-corrected chi connectivity index (χ0v) is 16.1. The lowest BCUT2D eigenvalue weighted by atomic mass is 10.1. The summed E-state index contributed by atoms with van der Waals surface area (Å²) in [6.07, 6.45) is 1.17. The predicted octanol–water partition coefficient (Wildman–Crippen LogP) is 0.159. The second-order valence-corrected chi connectivity index (χ2v) is 9.08. The van der Waals surface area contributed by atoms with Gasteiger partial charge in [-0.1, -0.05) is 6.07 Å². The fourth-order valence-corrected chi connectivity index (χ4v) is 4.61. The fourth-order valence-electron chi connectivity index (χ4n) is 3.79. The van der Waals surface area contributed by atoms with E-state index in [4.69, 9.17) is 0 Å². The van der Waals surface area contributed by atoms with Crippen molar-refractivity contribution in [1.82, 2.24) is 19.4 Å². The molecule has 1 aromatic heterocycles. The molecule has 1 N–H and O–H groups in total. The first-order valence-electron chi connectivity index (χ1n) is 8.92. The Morgan fingerprint density at radius 2 is 1.96 bits per heavy atom. The molecular weight excluding hydrogens is 389 g/mol. The Morgan fingerprint density at radius 1 is 1.25 bits per heavy atom. The monoisotopic (exact) mass is 409 g/mol. The van der Waals surface area contributed by atoms with Gasteiger partial charge in [0, 0.05) is 39.1 Å². The topological polar surface area (TPSA) is 107 Å². The molecule has 0 unspecified atom stereocenters. The first kappa shape index (κ1) is 18.8. The number of amides is 2. The first-order valence-corrected chi connectivity index (χ1v) is 10.8. The number of fused-ring (bicyclic) bond motifs is 1. The number of benzene rings is 1. The summed E-state index contributed by atoms with van der Waals surface area (Å²) < 4.78 is 38.8. The molecule has 2 saturated heterocycles. The number of nitrogens with one attached hydrogen (secondary N) is 1. The summed E-state index contributed by atoms with van der Waals surface area (Å²) in [4.78, 5) is 28.3. The van der Waals surface area contributed by atoms with E-state index in [0.717, 1.165) is 6.26 Å². The molecule has 3 heterocycles. The van der Waals surface area contributed by atoms with Crippen molar-refractivity contribution in [3.05, 3.63) is 24.0 Å². The minimum Gasteiger partial charge on any atom is -0.340 e. The smallest absolute Gasteiger partial charge is 0.229 e. The number of aromatic nitrogens is 2. The SMILES string of the molecule is CS(=O)(=O)N1CCN(C(=O)[C@H]2CC(=O)N(c3n[nH]c4cccc(F)c34)C2)CC1. The second kappa shape index (κ2) is 6.82. The van der Waals surface area contributed by atoms with Crippen LogP contribution in [0.4, 0.5) is 10.2 Å². The normalized spacial score (nSPS) is 21.6. The molecule has 11 heteroatoms. The summed E-state index contributed by atoms with van der Waals surface area (Å²) in [6.45, 7) is 1.18. The number of H-pyrrole nitrogens is 1. The summed E-state index contributed by atoms with van der Waals surface area (Å²) >= 11 is 0. The van der Waals surface area contributed by atoms with Crippen molar-refractivity contribution in [2.24, 2.45) is 5.92 Å². The van der Waals surface area contributed by atoms with Crippen molar-refractivity contribution in [3.63, 3.8) is 0 Å². The van der Waals surface area contributed by atoms with Crippen LogP contribution in [-0.4, -0.2) is 78.6 Å². The van der Waals surface area contributed by atoms with E-state index in [1.807, 2.05) is 0 Å². The summed E-state index contributed by atoms with van der Waals surface area (Å²) in [6, 6.07) is 4.51. The molecule has 4 rings (SSSR count). The van der Waals surface area contributed by atoms with Crippen LogP contribution in [0, 0.1) is 11.7 Å². The molecule has 1 atom stereocenters. The van der Waals surface area contributed by atoms with Crippen LogP contribution in [0.5, 0.6) is 0 Å². The number of sulfonamides is 1. The van der Waals surface area contributed by atoms with Gasteiger partial charge in [0.05, 0.1) is 23.1 Å². The molecule has 150 valence electrons. The molecular formula is C17H20FN5O4S. The number of piperazine rings is 1. The minimum atomic E-state index is -3.28. The third-order valence-corrected chi connectivity index (χ3v) is 6.57. The van der Waals surface area contributed by atoms with Crippen LogP contribution in [0.3, 0.4) is 0 Å². The lowest BCUT2D eigenvalue weighted by Crippen LogP contribution is -2.51. The van der Waals surface area contributed by atoms with Crippen LogP contribution >= 0.6 is 0 Å². The molecule has 9 nitrogen and oxygen atoms in total. The maximum Gasteiger partial charge on any atom is 0.229 e. The number of nitrogens with zero attached hydrogens (tertiary/aromatic N) is 4. The van der Waals surface area contributed by atoms with E-state index in [1.165, 1.54) is 15.3 Å². The lowest BCUT2D eigenvalue weighted by molar-refractivity contribution is -0.136. The van der Waals surface area contributed by atoms with Crippen LogP contribution in [0.15, 0.2) is 18.2 Å². The van der Waals surface area contributed by atoms with Gasteiger partial charge in [0.25, 0.3) is 0 Å². The number of rotatable bonds is 3. The molecule has 28 heavy (non-hydrogen) atoms. The highest BCUT2D eigenvalue weighted by atomic mass is 32.2. The highest BCUT2D eigenvalue weighted by molar-refractivity contribution is 7.88. The number of halogens is 1. The highest BCUT2D eigenvalue weighted by Gasteiger charge is 2.40. The largest absolute Gasteiger partial charge is 0.340 e. The standard InChI is InChI=1S/C17H20FN5O4S/c1-28(26,27)22-7-5-21(6-8-22)17(25)11-9-14(24)23(10-11)16-15-12(18)3-2-4-13(15)19-20-16/h2-4,11H,5-10H2,1H3,(H,19,20)/t11-/m0/s1. The van der Waals surface area contributed by atoms with Gasteiger partial charge in [-0.2, -0.15) is 9.40 Å². The van der Waals surface area contributed by atoms with Crippen molar-refractivity contribution in [2.45, 2.75) is 6.42 Å². The van der Waals surface area contributed by atoms with Gasteiger partial charge in [-0.3, -0.25) is 19.6 Å². The van der Waals surface area contributed by atoms with E-state index in [0.29, 0.717) is 5.52 Å². The molecule has 1 aromatic carbocycles. The molecule has 0 bridgehead atoms. The van der Waals surface area contributed by atoms with Gasteiger partial charge in [0.2, 0.25) is 21.8 Å². The zero-order chi connectivity index (χ0) is 20.1. The third kappa shape index (κ3) is 3.24. The van der Waals surface area contributed by atoms with Crippen LogP contribution in [-0.2, 0) is 19.6 Å². The molecule has 2 fully saturated rings. The average molecular weight is 409 g/mol. The maximum atomic E-state index is 14.2. The highest BCUT2D eigenvalue weighted by Crippen LogP contribution is 2.32. The third-order valence-electron chi connectivity index (χ3n) is 5.27. The van der Waals surface area contributed by atoms with E-state index in [2.05, 4.69) is 10.2 Å². The van der Waals surface area contributed by atoms with Crippen molar-refractivity contribution >= 4 is 38.6 Å². The molecule has 2 amide bonds. The summed E-state index contributed by atoms with van der Waals surface area (Å²) in [5, 5.41) is 7.01. The van der Waals surface area contributed by atoms with Gasteiger partial charge in [-0.25, -0.2) is 12.8 Å². The lowest BCUT2D eigenvalue weighted by Gasteiger charge is -2.34. The summed E-state index contributed by atoms with van der Waals surface area (Å²) in [7, 11) is -3.28. The van der Waals surface area contributed by atoms with Crippen LogP contribution < -0.4 is 4.90 Å². The number of aromatic amines is 1. The van der Waals surface area contributed by atoms with Crippen LogP contribution in [0.1, 0.15) is 6.42 Å². The van der Waals surface area contributed by atoms with E-state index >= 15 is 0 Å². The van der Waals surface area contributed by atoms with E-state index in [1.54, 1.807) is 17.0 Å². The molecule has 0 spiro atoms. The van der Waals surface area contributed by atoms with Crippen molar-refractivity contribution in [2.75, 3.05) is 43.9 Å². The minimum absolute atomic E-state index is 0.0218. The fraction of sp³-hybridized carbons (Fsp3) is 0.471. The average Bonchev–Trinajstić information content (AvgIpc) is 3.24. The van der Waals surface area contributed by atoms with Crippen molar-refractivity contribution in [1.29, 1.82) is 0 Å². The number of hydrogen-bond acceptors (Lipinski definition) is 5. The van der Waals surface area contributed by atoms with Gasteiger partial charge >= 0.3 is 0 Å². The molecule has 2 aliphatic heterocycles. The van der Waals surface area contributed by atoms with E-state index < -0.39 is 21.8 Å². The Bertz CT molecular complexity index is 1040. The first-order chi connectivity index (χ1) is 13.3. The number of anilines is 1. The molecule has 2 aromatic rings. The van der Waals surface area contributed by atoms with Crippen LogP contribution in [0.25, 0.3) is 10.9 Å². The maximum absolute atomic E-state index is 14.2. The van der Waals surface area contributed by atoms with Crippen molar-refractivity contribution < 1.29 is 22.4 Å². The van der Waals surface area contributed by atoms with Gasteiger partial charge in [0.15, 0.2) is 5.82 Å². The Kier molecular flexibility index (Phi) is 4.58. The molecule has 0 aliphatic carbocycles. The van der Waals surface area contributed by atoms with Gasteiger partial charge in [0.1, 0.15) is 5.82 Å². The second-order valence-electron chi connectivity index (χ2n) is 7.10. The molecule has 0 saturated carbocycles. The number of carbonyl (C=O) groups excluding carboxylic acids is 2. The zero-order valence-electron chi connectivity index (χ0n) is 15.3. The summed E-state index contributed by atoms with van der Waals surface area (Å²) in [5.74, 6) is -1.33. The molecule has 2 aliphatic rings. The Labute approximate surface area is 161 Å². The van der Waals surface area contributed by atoms with Gasteiger partial charge < -0.3 is 4.90 Å².